The number of fused-ring (bicyclic) bond motifs is 3. The van der Waals surface area contributed by atoms with Gasteiger partial charge in [0.15, 0.2) is 0 Å². The number of nitrogens with one attached hydrogen (secondary N) is 1. The molecule has 7 heteroatoms. The summed E-state index contributed by atoms with van der Waals surface area (Å²) in [7, 11) is 0. The van der Waals surface area contributed by atoms with E-state index in [1.807, 2.05) is 24.3 Å². The highest BCUT2D eigenvalue weighted by molar-refractivity contribution is 6.05. The molecule has 0 saturated heterocycles. The Morgan fingerprint density at radius 1 is 1.32 bits per heavy atom. The summed E-state index contributed by atoms with van der Waals surface area (Å²) in [4.78, 5) is 31.0. The molecule has 2 amide bonds. The molecule has 1 aliphatic heterocycles. The highest BCUT2D eigenvalue weighted by atomic mass is 16.3. The first kappa shape index (κ1) is 17.1. The van der Waals surface area contributed by atoms with E-state index in [1.165, 1.54) is 4.90 Å². The van der Waals surface area contributed by atoms with Gasteiger partial charge in [-0.05, 0) is 30.2 Å². The minimum atomic E-state index is -0.893. The number of aromatic nitrogens is 1. The second kappa shape index (κ2) is 7.00. The zero-order valence-electron chi connectivity index (χ0n) is 13.8. The average molecular weight is 340 g/mol. The van der Waals surface area contributed by atoms with E-state index in [9.17, 15) is 14.7 Å². The van der Waals surface area contributed by atoms with Crippen molar-refractivity contribution < 1.29 is 14.7 Å². The third kappa shape index (κ3) is 3.11. The molecule has 1 aromatic carbocycles. The molecular formula is C18H20N4O3. The molecule has 0 aliphatic carbocycles. The summed E-state index contributed by atoms with van der Waals surface area (Å²) in [6.07, 6.45) is 1.60. The third-order valence-corrected chi connectivity index (χ3v) is 4.14. The standard InChI is InChI=1S/C18H20N4O3/c1-11(19)17(24)21-15-13-6-3-2-5-12(13)14-7-4-8-20-16(14)22(9-10-23)18(15)25/h2-8,11,15,23H,9-10,19H2,1H3,(H,21,24). The fraction of sp³-hybridized carbons (Fsp3) is 0.278. The van der Waals surface area contributed by atoms with Gasteiger partial charge in [0.2, 0.25) is 5.91 Å². The van der Waals surface area contributed by atoms with Gasteiger partial charge in [0.1, 0.15) is 11.9 Å². The van der Waals surface area contributed by atoms with Crippen molar-refractivity contribution in [3.8, 4) is 11.1 Å². The first-order valence-corrected chi connectivity index (χ1v) is 8.07. The van der Waals surface area contributed by atoms with Crippen LogP contribution < -0.4 is 16.0 Å². The lowest BCUT2D eigenvalue weighted by molar-refractivity contribution is -0.128. The number of pyridine rings is 1. The van der Waals surface area contributed by atoms with Crippen LogP contribution >= 0.6 is 0 Å². The normalized spacial score (nSPS) is 17.3. The topological polar surface area (TPSA) is 109 Å². The fourth-order valence-electron chi connectivity index (χ4n) is 2.94. The Labute approximate surface area is 145 Å². The Kier molecular flexibility index (Phi) is 4.78. The molecule has 0 bridgehead atoms. The lowest BCUT2D eigenvalue weighted by atomic mass is 9.96. The van der Waals surface area contributed by atoms with Crippen molar-refractivity contribution in [1.82, 2.24) is 10.3 Å². The number of hydrogen-bond acceptors (Lipinski definition) is 5. The van der Waals surface area contributed by atoms with Crippen LogP contribution in [0.4, 0.5) is 5.82 Å². The van der Waals surface area contributed by atoms with E-state index in [0.29, 0.717) is 11.4 Å². The van der Waals surface area contributed by atoms with E-state index >= 15 is 0 Å². The lowest BCUT2D eigenvalue weighted by Crippen LogP contribution is -2.47. The monoisotopic (exact) mass is 340 g/mol. The van der Waals surface area contributed by atoms with Crippen molar-refractivity contribution >= 4 is 17.6 Å². The number of amides is 2. The number of hydrogen-bond donors (Lipinski definition) is 3. The molecule has 4 N–H and O–H groups in total. The molecule has 0 saturated carbocycles. The van der Waals surface area contributed by atoms with Crippen LogP contribution in [0.5, 0.6) is 0 Å². The van der Waals surface area contributed by atoms with Gasteiger partial charge in [-0.2, -0.15) is 0 Å². The van der Waals surface area contributed by atoms with Crippen LogP contribution in [0.25, 0.3) is 11.1 Å². The summed E-state index contributed by atoms with van der Waals surface area (Å²) >= 11 is 0. The molecule has 130 valence electrons. The second-order valence-electron chi connectivity index (χ2n) is 5.91. The Morgan fingerprint density at radius 3 is 2.76 bits per heavy atom. The van der Waals surface area contributed by atoms with Gasteiger partial charge in [0.05, 0.1) is 19.2 Å². The van der Waals surface area contributed by atoms with Crippen LogP contribution in [0.3, 0.4) is 0 Å². The van der Waals surface area contributed by atoms with Gasteiger partial charge in [-0.15, -0.1) is 0 Å². The van der Waals surface area contributed by atoms with E-state index in [2.05, 4.69) is 10.3 Å². The van der Waals surface area contributed by atoms with Crippen LogP contribution in [0.2, 0.25) is 0 Å². The number of aliphatic hydroxyl groups excluding tert-OH is 1. The quantitative estimate of drug-likeness (QED) is 0.755. The summed E-state index contributed by atoms with van der Waals surface area (Å²) < 4.78 is 0. The first-order valence-electron chi connectivity index (χ1n) is 8.07. The number of carbonyl (C=O) groups is 2. The van der Waals surface area contributed by atoms with Crippen molar-refractivity contribution in [3.05, 3.63) is 48.2 Å². The second-order valence-corrected chi connectivity index (χ2v) is 5.91. The number of benzene rings is 1. The van der Waals surface area contributed by atoms with E-state index in [1.54, 1.807) is 25.3 Å². The third-order valence-electron chi connectivity index (χ3n) is 4.14. The molecule has 1 aliphatic rings. The number of rotatable bonds is 4. The molecule has 25 heavy (non-hydrogen) atoms. The number of aliphatic hydroxyl groups is 1. The van der Waals surface area contributed by atoms with Gasteiger partial charge in [0, 0.05) is 11.8 Å². The first-order chi connectivity index (χ1) is 12.0. The van der Waals surface area contributed by atoms with E-state index in [-0.39, 0.29) is 19.1 Å². The van der Waals surface area contributed by atoms with Crippen LogP contribution in [-0.4, -0.2) is 41.1 Å². The van der Waals surface area contributed by atoms with Crippen LogP contribution in [0, 0.1) is 0 Å². The molecular weight excluding hydrogens is 320 g/mol. The predicted octanol–water partition coefficient (Wildman–Crippen LogP) is 0.592. The van der Waals surface area contributed by atoms with E-state index in [4.69, 9.17) is 5.73 Å². The Hall–Kier alpha value is -2.77. The molecule has 0 spiro atoms. The van der Waals surface area contributed by atoms with E-state index < -0.39 is 18.0 Å². The molecule has 0 fully saturated rings. The van der Waals surface area contributed by atoms with Crippen molar-refractivity contribution in [2.75, 3.05) is 18.1 Å². The van der Waals surface area contributed by atoms with Gasteiger partial charge >= 0.3 is 0 Å². The zero-order chi connectivity index (χ0) is 18.0. The maximum absolute atomic E-state index is 13.1. The van der Waals surface area contributed by atoms with Crippen molar-refractivity contribution in [2.24, 2.45) is 5.73 Å². The lowest BCUT2D eigenvalue weighted by Gasteiger charge is -2.25. The molecule has 2 aromatic rings. The van der Waals surface area contributed by atoms with Gasteiger partial charge in [-0.25, -0.2) is 4.98 Å². The Bertz CT molecular complexity index is 806. The SMILES string of the molecule is CC(N)C(=O)NC1C(=O)N(CCO)c2ncccc2-c2ccccc21. The van der Waals surface area contributed by atoms with Gasteiger partial charge in [-0.1, -0.05) is 24.3 Å². The van der Waals surface area contributed by atoms with Gasteiger partial charge in [0.25, 0.3) is 5.91 Å². The van der Waals surface area contributed by atoms with Gasteiger partial charge < -0.3 is 16.2 Å². The molecule has 2 heterocycles. The zero-order valence-corrected chi connectivity index (χ0v) is 13.8. The van der Waals surface area contributed by atoms with Crippen molar-refractivity contribution in [3.63, 3.8) is 0 Å². The van der Waals surface area contributed by atoms with Crippen LogP contribution in [0.1, 0.15) is 18.5 Å². The highest BCUT2D eigenvalue weighted by Crippen LogP contribution is 2.38. The predicted molar refractivity (Wildman–Crippen MR) is 93.6 cm³/mol. The maximum atomic E-state index is 13.1. The number of nitrogens with zero attached hydrogens (tertiary/aromatic N) is 2. The molecule has 1 aromatic heterocycles. The summed E-state index contributed by atoms with van der Waals surface area (Å²) in [5, 5.41) is 12.1. The van der Waals surface area contributed by atoms with Gasteiger partial charge in [-0.3, -0.25) is 14.5 Å². The Balaban J connectivity index is 2.18. The molecule has 3 rings (SSSR count). The number of nitrogens with two attached hydrogens (primary N) is 1. The highest BCUT2D eigenvalue weighted by Gasteiger charge is 2.35. The largest absolute Gasteiger partial charge is 0.395 e. The number of anilines is 1. The molecule has 2 unspecified atom stereocenters. The number of carbonyl (C=O) groups excluding carboxylic acids is 2. The van der Waals surface area contributed by atoms with Crippen LogP contribution in [0.15, 0.2) is 42.6 Å². The summed E-state index contributed by atoms with van der Waals surface area (Å²) in [6, 6.07) is 9.40. The van der Waals surface area contributed by atoms with Crippen molar-refractivity contribution in [1.29, 1.82) is 0 Å². The van der Waals surface area contributed by atoms with Crippen LogP contribution in [-0.2, 0) is 9.59 Å². The van der Waals surface area contributed by atoms with E-state index in [0.717, 1.165) is 11.1 Å². The molecule has 2 atom stereocenters. The summed E-state index contributed by atoms with van der Waals surface area (Å²) in [5.41, 5.74) is 7.91. The maximum Gasteiger partial charge on any atom is 0.255 e. The summed E-state index contributed by atoms with van der Waals surface area (Å²) in [5.74, 6) is -0.310. The minimum Gasteiger partial charge on any atom is -0.395 e. The average Bonchev–Trinajstić information content (AvgIpc) is 2.71. The molecule has 0 radical (unpaired) electrons. The minimum absolute atomic E-state index is 0.0847. The van der Waals surface area contributed by atoms with Crippen molar-refractivity contribution in [2.45, 2.75) is 19.0 Å². The molecule has 7 nitrogen and oxygen atoms in total. The fourth-order valence-corrected chi connectivity index (χ4v) is 2.94. The summed E-state index contributed by atoms with van der Waals surface area (Å²) in [6.45, 7) is 1.43. The Morgan fingerprint density at radius 2 is 2.04 bits per heavy atom. The number of β-amino-alcohol motifs (C(OH)–C–C–N with tert-alkyl or cyclic N) is 1. The smallest absolute Gasteiger partial charge is 0.255 e.